The Balaban J connectivity index is 2.52. The number of nitrogen functional groups attached to an aromatic ring is 1. The molecule has 2 aromatic rings. The molecular formula is C14H12F3N3O. The number of nitrogens with two attached hydrogens (primary N) is 2. The summed E-state index contributed by atoms with van der Waals surface area (Å²) in [7, 11) is 0. The van der Waals surface area contributed by atoms with Crippen molar-refractivity contribution in [3.05, 3.63) is 53.6 Å². The van der Waals surface area contributed by atoms with Crippen LogP contribution in [0.3, 0.4) is 0 Å². The van der Waals surface area contributed by atoms with Crippen LogP contribution in [0, 0.1) is 0 Å². The Hall–Kier alpha value is -2.70. The van der Waals surface area contributed by atoms with E-state index in [1.165, 1.54) is 36.4 Å². The molecule has 0 radical (unpaired) electrons. The number of halogens is 3. The lowest BCUT2D eigenvalue weighted by Crippen LogP contribution is -2.15. The largest absolute Gasteiger partial charge is 0.418 e. The van der Waals surface area contributed by atoms with Crippen LogP contribution in [0.15, 0.2) is 42.5 Å². The lowest BCUT2D eigenvalue weighted by Gasteiger charge is -2.17. The molecule has 0 spiro atoms. The number of nitrogens with one attached hydrogen (secondary N) is 1. The van der Waals surface area contributed by atoms with Crippen LogP contribution in [0.4, 0.5) is 30.2 Å². The van der Waals surface area contributed by atoms with Gasteiger partial charge in [0.1, 0.15) is 0 Å². The Morgan fingerprint density at radius 3 is 2.33 bits per heavy atom. The molecule has 0 atom stereocenters. The van der Waals surface area contributed by atoms with Crippen molar-refractivity contribution in [1.82, 2.24) is 0 Å². The minimum Gasteiger partial charge on any atom is -0.397 e. The molecular weight excluding hydrogens is 283 g/mol. The maximum Gasteiger partial charge on any atom is 0.418 e. The molecule has 0 aliphatic rings. The monoisotopic (exact) mass is 295 g/mol. The molecule has 0 aliphatic heterocycles. The zero-order valence-electron chi connectivity index (χ0n) is 10.7. The van der Waals surface area contributed by atoms with Gasteiger partial charge in [-0.25, -0.2) is 0 Å². The number of carbonyl (C=O) groups excluding carboxylic acids is 1. The fourth-order valence-electron chi connectivity index (χ4n) is 1.89. The maximum absolute atomic E-state index is 12.9. The predicted molar refractivity (Wildman–Crippen MR) is 74.1 cm³/mol. The average Bonchev–Trinajstić information content (AvgIpc) is 2.40. The third kappa shape index (κ3) is 3.07. The van der Waals surface area contributed by atoms with Crippen molar-refractivity contribution in [2.24, 2.45) is 5.73 Å². The van der Waals surface area contributed by atoms with Gasteiger partial charge in [-0.2, -0.15) is 13.2 Å². The number of amides is 1. The summed E-state index contributed by atoms with van der Waals surface area (Å²) in [6.45, 7) is 0. The van der Waals surface area contributed by atoms with Crippen molar-refractivity contribution in [2.75, 3.05) is 11.1 Å². The van der Waals surface area contributed by atoms with Crippen molar-refractivity contribution < 1.29 is 18.0 Å². The van der Waals surface area contributed by atoms with Crippen LogP contribution in [0.5, 0.6) is 0 Å². The molecule has 0 heterocycles. The van der Waals surface area contributed by atoms with Gasteiger partial charge in [0.2, 0.25) is 0 Å². The maximum atomic E-state index is 12.9. The van der Waals surface area contributed by atoms with Crippen LogP contribution in [-0.4, -0.2) is 5.91 Å². The molecule has 21 heavy (non-hydrogen) atoms. The van der Waals surface area contributed by atoms with Gasteiger partial charge in [-0.3, -0.25) is 4.79 Å². The van der Waals surface area contributed by atoms with E-state index < -0.39 is 17.6 Å². The number of anilines is 3. The van der Waals surface area contributed by atoms with Crippen LogP contribution in [0.2, 0.25) is 0 Å². The van der Waals surface area contributed by atoms with E-state index in [4.69, 9.17) is 11.5 Å². The second-order valence-corrected chi connectivity index (χ2v) is 4.30. The lowest BCUT2D eigenvalue weighted by molar-refractivity contribution is -0.136. The summed E-state index contributed by atoms with van der Waals surface area (Å²) in [4.78, 5) is 11.4. The van der Waals surface area contributed by atoms with Crippen molar-refractivity contribution in [2.45, 2.75) is 6.18 Å². The van der Waals surface area contributed by atoms with Crippen molar-refractivity contribution in [3.8, 4) is 0 Å². The Kier molecular flexibility index (Phi) is 3.75. The van der Waals surface area contributed by atoms with Gasteiger partial charge >= 0.3 is 6.18 Å². The summed E-state index contributed by atoms with van der Waals surface area (Å²) < 4.78 is 38.8. The summed E-state index contributed by atoms with van der Waals surface area (Å²) >= 11 is 0. The van der Waals surface area contributed by atoms with Gasteiger partial charge < -0.3 is 16.8 Å². The first kappa shape index (κ1) is 14.7. The number of alkyl halides is 3. The van der Waals surface area contributed by atoms with E-state index in [1.807, 2.05) is 0 Å². The van der Waals surface area contributed by atoms with Gasteiger partial charge in [0.25, 0.3) is 5.91 Å². The molecule has 0 bridgehead atoms. The van der Waals surface area contributed by atoms with Gasteiger partial charge in [0.05, 0.1) is 28.2 Å². The molecule has 0 aromatic heterocycles. The molecule has 0 unspecified atom stereocenters. The normalized spacial score (nSPS) is 11.2. The molecule has 2 aromatic carbocycles. The van der Waals surface area contributed by atoms with Gasteiger partial charge in [0, 0.05) is 0 Å². The molecule has 2 rings (SSSR count). The molecule has 0 saturated carbocycles. The van der Waals surface area contributed by atoms with Crippen LogP contribution < -0.4 is 16.8 Å². The number of rotatable bonds is 3. The summed E-state index contributed by atoms with van der Waals surface area (Å²) in [6, 6.07) is 9.25. The zero-order chi connectivity index (χ0) is 15.6. The molecule has 0 fully saturated rings. The summed E-state index contributed by atoms with van der Waals surface area (Å²) in [6.07, 6.45) is -4.53. The first-order valence-corrected chi connectivity index (χ1v) is 5.92. The zero-order valence-corrected chi connectivity index (χ0v) is 10.7. The van der Waals surface area contributed by atoms with E-state index in [-0.39, 0.29) is 22.6 Å². The smallest absolute Gasteiger partial charge is 0.397 e. The fourth-order valence-corrected chi connectivity index (χ4v) is 1.89. The lowest BCUT2D eigenvalue weighted by atomic mass is 10.1. The highest BCUT2D eigenvalue weighted by molar-refractivity contribution is 6.02. The first-order chi connectivity index (χ1) is 9.80. The van der Waals surface area contributed by atoms with E-state index in [1.54, 1.807) is 0 Å². The minimum atomic E-state index is -4.53. The van der Waals surface area contributed by atoms with E-state index >= 15 is 0 Å². The van der Waals surface area contributed by atoms with E-state index in [0.717, 1.165) is 6.07 Å². The summed E-state index contributed by atoms with van der Waals surface area (Å²) in [5, 5.41) is 2.55. The SMILES string of the molecule is NC(=O)c1cccc(N)c1Nc1ccccc1C(F)(F)F. The minimum absolute atomic E-state index is 0.0203. The summed E-state index contributed by atoms with van der Waals surface area (Å²) in [5.41, 5.74) is 10.1. The Morgan fingerprint density at radius 2 is 1.71 bits per heavy atom. The van der Waals surface area contributed by atoms with Crippen LogP contribution in [-0.2, 0) is 6.18 Å². The first-order valence-electron chi connectivity index (χ1n) is 5.92. The quantitative estimate of drug-likeness (QED) is 0.761. The second kappa shape index (κ2) is 5.35. The molecule has 4 nitrogen and oxygen atoms in total. The molecule has 7 heteroatoms. The number of benzene rings is 2. The third-order valence-corrected chi connectivity index (χ3v) is 2.85. The molecule has 5 N–H and O–H groups in total. The molecule has 0 aliphatic carbocycles. The molecule has 0 saturated heterocycles. The highest BCUT2D eigenvalue weighted by Gasteiger charge is 2.33. The topological polar surface area (TPSA) is 81.1 Å². The van der Waals surface area contributed by atoms with Crippen LogP contribution in [0.25, 0.3) is 0 Å². The number of primary amides is 1. The van der Waals surface area contributed by atoms with E-state index in [0.29, 0.717) is 0 Å². The van der Waals surface area contributed by atoms with Crippen molar-refractivity contribution in [1.29, 1.82) is 0 Å². The predicted octanol–water partition coefficient (Wildman–Crippen LogP) is 3.13. The van der Waals surface area contributed by atoms with Crippen LogP contribution in [0.1, 0.15) is 15.9 Å². The van der Waals surface area contributed by atoms with E-state index in [2.05, 4.69) is 5.32 Å². The number of carbonyl (C=O) groups is 1. The third-order valence-electron chi connectivity index (χ3n) is 2.85. The highest BCUT2D eigenvalue weighted by Crippen LogP contribution is 2.37. The Morgan fingerprint density at radius 1 is 1.05 bits per heavy atom. The molecule has 110 valence electrons. The number of para-hydroxylation sites is 2. The average molecular weight is 295 g/mol. The Labute approximate surface area is 118 Å². The number of hydrogen-bond donors (Lipinski definition) is 3. The van der Waals surface area contributed by atoms with Crippen LogP contribution >= 0.6 is 0 Å². The second-order valence-electron chi connectivity index (χ2n) is 4.30. The van der Waals surface area contributed by atoms with Gasteiger partial charge in [0.15, 0.2) is 0 Å². The Bertz CT molecular complexity index is 683. The standard InChI is InChI=1S/C14H12F3N3O/c15-14(16,17)9-5-1-2-7-11(9)20-12-8(13(19)21)4-3-6-10(12)18/h1-7,20H,18H2,(H2,19,21). The van der Waals surface area contributed by atoms with Gasteiger partial charge in [-0.05, 0) is 24.3 Å². The van der Waals surface area contributed by atoms with Gasteiger partial charge in [-0.1, -0.05) is 18.2 Å². The van der Waals surface area contributed by atoms with Crippen molar-refractivity contribution in [3.63, 3.8) is 0 Å². The summed E-state index contributed by atoms with van der Waals surface area (Å²) in [5.74, 6) is -0.783. The van der Waals surface area contributed by atoms with Crippen molar-refractivity contribution >= 4 is 23.0 Å². The van der Waals surface area contributed by atoms with E-state index in [9.17, 15) is 18.0 Å². The number of hydrogen-bond acceptors (Lipinski definition) is 3. The highest BCUT2D eigenvalue weighted by atomic mass is 19.4. The van der Waals surface area contributed by atoms with Gasteiger partial charge in [-0.15, -0.1) is 0 Å². The molecule has 1 amide bonds. The fraction of sp³-hybridized carbons (Fsp3) is 0.0714.